The first-order valence-corrected chi connectivity index (χ1v) is 7.64. The molecule has 1 heterocycles. The quantitative estimate of drug-likeness (QED) is 0.867. The van der Waals surface area contributed by atoms with Gasteiger partial charge < -0.3 is 11.1 Å². The molecule has 0 atom stereocenters. The highest BCUT2D eigenvalue weighted by molar-refractivity contribution is 9.10. The van der Waals surface area contributed by atoms with Crippen molar-refractivity contribution < 1.29 is 4.79 Å². The van der Waals surface area contributed by atoms with Crippen molar-refractivity contribution in [2.24, 2.45) is 5.41 Å². The summed E-state index contributed by atoms with van der Waals surface area (Å²) in [6.07, 6.45) is 0. The molecule has 0 spiro atoms. The van der Waals surface area contributed by atoms with Crippen molar-refractivity contribution in [1.29, 1.82) is 0 Å². The Hall–Kier alpha value is -1.07. The Bertz CT molecular complexity index is 628. The number of amides is 1. The second-order valence-electron chi connectivity index (χ2n) is 5.73. The third-order valence-electron chi connectivity index (χ3n) is 2.68. The maximum atomic E-state index is 12.2. The van der Waals surface area contributed by atoms with E-state index in [0.717, 1.165) is 14.6 Å². The predicted molar refractivity (Wildman–Crippen MR) is 85.7 cm³/mol. The predicted octanol–water partition coefficient (Wildman–Crippen LogP) is 4.02. The fourth-order valence-electron chi connectivity index (χ4n) is 1.68. The number of nitrogens with two attached hydrogens (primary N) is 1. The minimum atomic E-state index is -0.0928. The summed E-state index contributed by atoms with van der Waals surface area (Å²) in [5, 5.41) is 3.87. The molecule has 1 amide bonds. The Balaban J connectivity index is 2.30. The third kappa shape index (κ3) is 3.28. The van der Waals surface area contributed by atoms with E-state index in [-0.39, 0.29) is 11.3 Å². The number of hydrogen-bond donors (Lipinski definition) is 2. The van der Waals surface area contributed by atoms with Crippen LogP contribution < -0.4 is 11.1 Å². The molecule has 0 saturated carbocycles. The normalized spacial score (nSPS) is 11.8. The molecular formula is C14H17BrN2OS. The zero-order chi connectivity index (χ0) is 14.2. The summed E-state index contributed by atoms with van der Waals surface area (Å²) in [6.45, 7) is 6.87. The van der Waals surface area contributed by atoms with E-state index in [1.165, 1.54) is 11.3 Å². The molecule has 19 heavy (non-hydrogen) atoms. The second kappa shape index (κ2) is 5.13. The molecule has 0 unspecified atom stereocenters. The van der Waals surface area contributed by atoms with Gasteiger partial charge in [0.1, 0.15) is 4.88 Å². The van der Waals surface area contributed by atoms with Crippen LogP contribution in [0.1, 0.15) is 30.4 Å². The van der Waals surface area contributed by atoms with Crippen molar-refractivity contribution in [1.82, 2.24) is 5.32 Å². The van der Waals surface area contributed by atoms with Gasteiger partial charge in [0.25, 0.3) is 5.91 Å². The van der Waals surface area contributed by atoms with Gasteiger partial charge in [-0.15, -0.1) is 11.3 Å². The van der Waals surface area contributed by atoms with Crippen LogP contribution in [0.3, 0.4) is 0 Å². The van der Waals surface area contributed by atoms with Crippen LogP contribution in [-0.2, 0) is 0 Å². The van der Waals surface area contributed by atoms with E-state index < -0.39 is 0 Å². The van der Waals surface area contributed by atoms with Gasteiger partial charge in [-0.05, 0) is 17.5 Å². The molecule has 0 aliphatic carbocycles. The summed E-state index contributed by atoms with van der Waals surface area (Å²) in [4.78, 5) is 12.8. The molecular weight excluding hydrogens is 324 g/mol. The number of halogens is 1. The number of hydrogen-bond acceptors (Lipinski definition) is 3. The van der Waals surface area contributed by atoms with E-state index in [2.05, 4.69) is 42.0 Å². The summed E-state index contributed by atoms with van der Waals surface area (Å²) in [7, 11) is 0. The number of nitrogen functional groups attached to an aromatic ring is 1. The smallest absolute Gasteiger partial charge is 0.263 e. The molecule has 5 heteroatoms. The lowest BCUT2D eigenvalue weighted by Crippen LogP contribution is -2.32. The van der Waals surface area contributed by atoms with Crippen LogP contribution >= 0.6 is 27.3 Å². The highest BCUT2D eigenvalue weighted by Gasteiger charge is 2.18. The van der Waals surface area contributed by atoms with E-state index in [9.17, 15) is 4.79 Å². The highest BCUT2D eigenvalue weighted by Crippen LogP contribution is 2.35. The number of thiophene rings is 1. The van der Waals surface area contributed by atoms with Crippen LogP contribution in [0.15, 0.2) is 22.7 Å². The molecule has 1 aromatic heterocycles. The number of carbonyl (C=O) groups is 1. The first kappa shape index (κ1) is 14.3. The summed E-state index contributed by atoms with van der Waals surface area (Å²) >= 11 is 4.86. The van der Waals surface area contributed by atoms with E-state index in [0.29, 0.717) is 17.1 Å². The lowest BCUT2D eigenvalue weighted by Gasteiger charge is -2.18. The molecule has 0 aliphatic rings. The van der Waals surface area contributed by atoms with Gasteiger partial charge in [0.15, 0.2) is 0 Å². The average molecular weight is 341 g/mol. The topological polar surface area (TPSA) is 55.1 Å². The van der Waals surface area contributed by atoms with Crippen molar-refractivity contribution in [2.45, 2.75) is 20.8 Å². The summed E-state index contributed by atoms with van der Waals surface area (Å²) < 4.78 is 2.01. The Morgan fingerprint density at radius 3 is 2.74 bits per heavy atom. The number of benzene rings is 1. The zero-order valence-electron chi connectivity index (χ0n) is 11.2. The number of fused-ring (bicyclic) bond motifs is 1. The monoisotopic (exact) mass is 340 g/mol. The SMILES string of the molecule is CC(C)(C)CNC(=O)c1sc2cc(Br)ccc2c1N. The van der Waals surface area contributed by atoms with Crippen LogP contribution in [0.25, 0.3) is 10.1 Å². The van der Waals surface area contributed by atoms with Crippen LogP contribution in [0.5, 0.6) is 0 Å². The first-order chi connectivity index (χ1) is 8.78. The van der Waals surface area contributed by atoms with Crippen molar-refractivity contribution >= 4 is 48.9 Å². The molecule has 0 radical (unpaired) electrons. The van der Waals surface area contributed by atoms with Crippen LogP contribution in [-0.4, -0.2) is 12.5 Å². The molecule has 3 nitrogen and oxygen atoms in total. The average Bonchev–Trinajstić information content (AvgIpc) is 2.62. The zero-order valence-corrected chi connectivity index (χ0v) is 13.6. The maximum absolute atomic E-state index is 12.2. The molecule has 3 N–H and O–H groups in total. The van der Waals surface area contributed by atoms with Gasteiger partial charge in [-0.1, -0.05) is 42.8 Å². The van der Waals surface area contributed by atoms with Crippen molar-refractivity contribution in [2.75, 3.05) is 12.3 Å². The molecule has 102 valence electrons. The van der Waals surface area contributed by atoms with Gasteiger partial charge in [0, 0.05) is 21.1 Å². The van der Waals surface area contributed by atoms with E-state index in [1.54, 1.807) is 0 Å². The fraction of sp³-hybridized carbons (Fsp3) is 0.357. The van der Waals surface area contributed by atoms with Crippen molar-refractivity contribution in [3.8, 4) is 0 Å². The fourth-order valence-corrected chi connectivity index (χ4v) is 3.28. The third-order valence-corrected chi connectivity index (χ3v) is 4.34. The minimum absolute atomic E-state index is 0.0597. The molecule has 2 aromatic rings. The lowest BCUT2D eigenvalue weighted by molar-refractivity contribution is 0.0944. The van der Waals surface area contributed by atoms with Crippen LogP contribution in [0.2, 0.25) is 0 Å². The molecule has 2 rings (SSSR count). The standard InChI is InChI=1S/C14H17BrN2OS/c1-14(2,3)7-17-13(18)12-11(16)9-5-4-8(15)6-10(9)19-12/h4-6H,7,16H2,1-3H3,(H,17,18). The van der Waals surface area contributed by atoms with Crippen LogP contribution in [0, 0.1) is 5.41 Å². The van der Waals surface area contributed by atoms with Gasteiger partial charge >= 0.3 is 0 Å². The number of carbonyl (C=O) groups excluding carboxylic acids is 1. The first-order valence-electron chi connectivity index (χ1n) is 6.04. The summed E-state index contributed by atoms with van der Waals surface area (Å²) in [5.74, 6) is -0.0928. The Kier molecular flexibility index (Phi) is 3.87. The Morgan fingerprint density at radius 2 is 2.11 bits per heavy atom. The van der Waals surface area contributed by atoms with Crippen molar-refractivity contribution in [3.05, 3.63) is 27.5 Å². The van der Waals surface area contributed by atoms with Crippen molar-refractivity contribution in [3.63, 3.8) is 0 Å². The maximum Gasteiger partial charge on any atom is 0.263 e. The van der Waals surface area contributed by atoms with E-state index in [1.807, 2.05) is 18.2 Å². The molecule has 0 bridgehead atoms. The summed E-state index contributed by atoms with van der Waals surface area (Å²) in [5.41, 5.74) is 6.69. The molecule has 0 fully saturated rings. The van der Waals surface area contributed by atoms with Gasteiger partial charge in [-0.2, -0.15) is 0 Å². The highest BCUT2D eigenvalue weighted by atomic mass is 79.9. The number of nitrogens with one attached hydrogen (secondary N) is 1. The summed E-state index contributed by atoms with van der Waals surface area (Å²) in [6, 6.07) is 5.85. The molecule has 1 aromatic carbocycles. The van der Waals surface area contributed by atoms with Gasteiger partial charge in [0.05, 0.1) is 5.69 Å². The largest absolute Gasteiger partial charge is 0.397 e. The molecule has 0 aliphatic heterocycles. The Labute approximate surface area is 125 Å². The van der Waals surface area contributed by atoms with Gasteiger partial charge in [-0.25, -0.2) is 0 Å². The Morgan fingerprint density at radius 1 is 1.42 bits per heavy atom. The van der Waals surface area contributed by atoms with E-state index in [4.69, 9.17) is 5.73 Å². The number of rotatable bonds is 2. The van der Waals surface area contributed by atoms with Gasteiger partial charge in [-0.3, -0.25) is 4.79 Å². The minimum Gasteiger partial charge on any atom is -0.397 e. The molecule has 0 saturated heterocycles. The van der Waals surface area contributed by atoms with E-state index >= 15 is 0 Å². The lowest BCUT2D eigenvalue weighted by atomic mass is 9.97. The second-order valence-corrected chi connectivity index (χ2v) is 7.70. The van der Waals surface area contributed by atoms with Crippen LogP contribution in [0.4, 0.5) is 5.69 Å². The van der Waals surface area contributed by atoms with Gasteiger partial charge in [0.2, 0.25) is 0 Å². The number of anilines is 1.